The lowest BCUT2D eigenvalue weighted by molar-refractivity contribution is 0.352. The zero-order valence-electron chi connectivity index (χ0n) is 27.0. The molecule has 218 valence electrons. The number of rotatable bonds is 0. The van der Waals surface area contributed by atoms with Crippen LogP contribution in [0.2, 0.25) is 17.5 Å². The Bertz CT molecular complexity index is 990. The molecule has 6 aliphatic rings. The fourth-order valence-electron chi connectivity index (χ4n) is 9.10. The van der Waals surface area contributed by atoms with Crippen LogP contribution < -0.4 is 0 Å². The third kappa shape index (κ3) is 6.04. The van der Waals surface area contributed by atoms with Gasteiger partial charge in [-0.05, 0) is 110 Å². The summed E-state index contributed by atoms with van der Waals surface area (Å²) in [7, 11) is 18.7. The van der Waals surface area contributed by atoms with E-state index < -0.39 is 0 Å². The lowest BCUT2D eigenvalue weighted by Crippen LogP contribution is -2.23. The van der Waals surface area contributed by atoms with Crippen molar-refractivity contribution in [2.75, 3.05) is 0 Å². The summed E-state index contributed by atoms with van der Waals surface area (Å²) < 4.78 is 0. The van der Waals surface area contributed by atoms with Gasteiger partial charge in [0.2, 0.25) is 0 Å². The average Bonchev–Trinajstić information content (AvgIpc) is 3.45. The van der Waals surface area contributed by atoms with Crippen LogP contribution in [0.15, 0.2) is 70.9 Å². The summed E-state index contributed by atoms with van der Waals surface area (Å²) in [5, 5.41) is 0. The summed E-state index contributed by atoms with van der Waals surface area (Å²) in [5.41, 5.74) is 6.11. The quantitative estimate of drug-likeness (QED) is 0.265. The van der Waals surface area contributed by atoms with E-state index in [0.717, 1.165) is 17.8 Å². The standard InChI is InChI=1S/C15H23B.C13H13B.C9H17B.CH4/c1-7-8(2)10(4)14-13(9(7)3)11(5)12(6)15(14)16;14-13-11-7-3-1-5-9(11)10-6-2-4-8-12(10)13;1-5-6(2)8(4)9(10)7(5)3;/h11-15H,1-6H3;1-13H;5-9H,1-4H3;1H4. The van der Waals surface area contributed by atoms with Crippen LogP contribution >= 0.6 is 0 Å². The molecule has 3 saturated carbocycles. The molecule has 0 aromatic carbocycles. The highest BCUT2D eigenvalue weighted by Gasteiger charge is 2.47. The molecule has 6 rings (SSSR count). The van der Waals surface area contributed by atoms with Crippen LogP contribution in [0, 0.1) is 71.0 Å². The molecule has 3 fully saturated rings. The smallest absolute Gasteiger partial charge is 0.0716 e. The van der Waals surface area contributed by atoms with Crippen molar-refractivity contribution in [3.05, 3.63) is 70.9 Å². The van der Waals surface area contributed by atoms with E-state index in [0.29, 0.717) is 70.7 Å². The van der Waals surface area contributed by atoms with Crippen LogP contribution in [0.3, 0.4) is 0 Å². The molecular formula is C38H57B3. The van der Waals surface area contributed by atoms with Gasteiger partial charge in [-0.15, -0.1) is 0 Å². The highest BCUT2D eigenvalue weighted by Crippen LogP contribution is 2.57. The maximum atomic E-state index is 6.43. The maximum Gasteiger partial charge on any atom is 0.0716 e. The molecule has 0 aliphatic heterocycles. The minimum absolute atomic E-state index is 0. The predicted molar refractivity (Wildman–Crippen MR) is 184 cm³/mol. The molecule has 3 heteroatoms. The van der Waals surface area contributed by atoms with Crippen molar-refractivity contribution < 1.29 is 0 Å². The third-order valence-electron chi connectivity index (χ3n) is 13.0. The zero-order chi connectivity index (χ0) is 29.6. The molecule has 13 atom stereocenters. The van der Waals surface area contributed by atoms with Gasteiger partial charge in [-0.1, -0.05) is 126 Å². The second-order valence-electron chi connectivity index (χ2n) is 14.4. The minimum atomic E-state index is 0. The van der Waals surface area contributed by atoms with Gasteiger partial charge in [-0.2, -0.15) is 0 Å². The largest absolute Gasteiger partial charge is 0.0813 e. The summed E-state index contributed by atoms with van der Waals surface area (Å²) >= 11 is 0. The number of fused-ring (bicyclic) bond motifs is 4. The lowest BCUT2D eigenvalue weighted by atomic mass is 9.66. The molecule has 0 amide bonds. The molecule has 0 bridgehead atoms. The van der Waals surface area contributed by atoms with Crippen molar-refractivity contribution in [1.82, 2.24) is 0 Å². The minimum Gasteiger partial charge on any atom is -0.0813 e. The molecule has 41 heavy (non-hydrogen) atoms. The highest BCUT2D eigenvalue weighted by atomic mass is 14.5. The summed E-state index contributed by atoms with van der Waals surface area (Å²) in [5.74, 6) is 9.10. The Morgan fingerprint density at radius 2 is 0.756 bits per heavy atom. The Balaban J connectivity index is 0.000000171. The van der Waals surface area contributed by atoms with Gasteiger partial charge in [0.15, 0.2) is 0 Å². The van der Waals surface area contributed by atoms with E-state index >= 15 is 0 Å². The average molecular weight is 546 g/mol. The van der Waals surface area contributed by atoms with Crippen molar-refractivity contribution in [2.45, 2.75) is 94.1 Å². The summed E-state index contributed by atoms with van der Waals surface area (Å²) in [6, 6.07) is 0. The molecule has 0 aromatic rings. The summed E-state index contributed by atoms with van der Waals surface area (Å²) in [6.07, 6.45) is 17.8. The molecule has 0 aromatic heterocycles. The Hall–Kier alpha value is -1.37. The fraction of sp³-hybridized carbons (Fsp3) is 0.684. The van der Waals surface area contributed by atoms with Crippen LogP contribution in [-0.4, -0.2) is 23.5 Å². The topological polar surface area (TPSA) is 0 Å². The molecule has 0 heterocycles. The van der Waals surface area contributed by atoms with Gasteiger partial charge in [0.1, 0.15) is 0 Å². The molecule has 0 saturated heterocycles. The second kappa shape index (κ2) is 13.5. The van der Waals surface area contributed by atoms with Crippen LogP contribution in [0.5, 0.6) is 0 Å². The van der Waals surface area contributed by atoms with Gasteiger partial charge in [-0.3, -0.25) is 0 Å². The molecule has 0 nitrogen and oxygen atoms in total. The Morgan fingerprint density at radius 3 is 1.12 bits per heavy atom. The van der Waals surface area contributed by atoms with E-state index in [4.69, 9.17) is 23.5 Å². The van der Waals surface area contributed by atoms with E-state index in [2.05, 4.69) is 118 Å². The first-order valence-corrected chi connectivity index (χ1v) is 16.1. The number of allylic oxidation sites excluding steroid dienone is 12. The van der Waals surface area contributed by atoms with E-state index in [1.165, 1.54) is 16.7 Å². The van der Waals surface area contributed by atoms with Gasteiger partial charge in [0.05, 0.1) is 23.5 Å². The Kier molecular flexibility index (Phi) is 11.2. The Morgan fingerprint density at radius 1 is 0.415 bits per heavy atom. The van der Waals surface area contributed by atoms with Gasteiger partial charge < -0.3 is 0 Å². The molecule has 6 radical (unpaired) electrons. The molecular weight excluding hydrogens is 489 g/mol. The first kappa shape index (κ1) is 34.1. The lowest BCUT2D eigenvalue weighted by Gasteiger charge is -2.34. The van der Waals surface area contributed by atoms with Crippen molar-refractivity contribution in [3.8, 4) is 0 Å². The van der Waals surface area contributed by atoms with E-state index in [-0.39, 0.29) is 7.43 Å². The van der Waals surface area contributed by atoms with Gasteiger partial charge >= 0.3 is 0 Å². The number of hydrogen-bond donors (Lipinski definition) is 0. The van der Waals surface area contributed by atoms with Crippen molar-refractivity contribution >= 4 is 23.5 Å². The van der Waals surface area contributed by atoms with Gasteiger partial charge in [0.25, 0.3) is 0 Å². The predicted octanol–water partition coefficient (Wildman–Crippen LogP) is 9.96. The normalized spacial score (nSPS) is 47.0. The monoisotopic (exact) mass is 546 g/mol. The van der Waals surface area contributed by atoms with Gasteiger partial charge in [-0.25, -0.2) is 0 Å². The molecule has 6 aliphatic carbocycles. The van der Waals surface area contributed by atoms with Crippen molar-refractivity contribution in [3.63, 3.8) is 0 Å². The van der Waals surface area contributed by atoms with Crippen LogP contribution in [0.4, 0.5) is 0 Å². The fourth-order valence-corrected chi connectivity index (χ4v) is 9.10. The zero-order valence-corrected chi connectivity index (χ0v) is 27.0. The van der Waals surface area contributed by atoms with Crippen LogP contribution in [0.1, 0.15) is 76.7 Å². The maximum absolute atomic E-state index is 6.43. The molecule has 13 unspecified atom stereocenters. The van der Waals surface area contributed by atoms with E-state index in [1.807, 2.05) is 0 Å². The van der Waals surface area contributed by atoms with Crippen LogP contribution in [0.25, 0.3) is 0 Å². The van der Waals surface area contributed by atoms with Gasteiger partial charge in [0, 0.05) is 0 Å². The second-order valence-corrected chi connectivity index (χ2v) is 14.4. The van der Waals surface area contributed by atoms with E-state index in [9.17, 15) is 0 Å². The van der Waals surface area contributed by atoms with Crippen LogP contribution in [-0.2, 0) is 0 Å². The van der Waals surface area contributed by atoms with Crippen molar-refractivity contribution in [2.24, 2.45) is 71.0 Å². The number of hydrogen-bond acceptors (Lipinski definition) is 0. The highest BCUT2D eigenvalue weighted by molar-refractivity contribution is 6.13. The molecule has 0 spiro atoms. The first-order chi connectivity index (χ1) is 18.8. The first-order valence-electron chi connectivity index (χ1n) is 16.1. The summed E-state index contributed by atoms with van der Waals surface area (Å²) in [4.78, 5) is 0. The summed E-state index contributed by atoms with van der Waals surface area (Å²) in [6.45, 7) is 23.0. The van der Waals surface area contributed by atoms with Crippen molar-refractivity contribution in [1.29, 1.82) is 0 Å². The van der Waals surface area contributed by atoms with E-state index in [1.54, 1.807) is 5.57 Å². The molecule has 0 N–H and O–H groups in total. The third-order valence-corrected chi connectivity index (χ3v) is 13.0. The SMILES string of the molecule is C.[B]C1C(C)C(C)C(C)C1C.[B]C1C(C)C(C)C2C(C)=C(C)C(C)=C(C)C12.[B]C1C2C=CC=CC2C2C=CC=CC12. The Labute approximate surface area is 259 Å².